The highest BCUT2D eigenvalue weighted by Crippen LogP contribution is 2.12. The lowest BCUT2D eigenvalue weighted by Crippen LogP contribution is -2.10. The number of hydrogen-bond acceptors (Lipinski definition) is 4. The maximum Gasteiger partial charge on any atom is 0.337 e. The zero-order valence-corrected chi connectivity index (χ0v) is 23.5. The van der Waals surface area contributed by atoms with Crippen LogP contribution in [0.15, 0.2) is 23.8 Å². The molecule has 0 aromatic carbocycles. The number of carbonyl (C=O) groups excluding carboxylic acids is 2. The van der Waals surface area contributed by atoms with E-state index in [1.165, 1.54) is 109 Å². The Kier molecular flexibility index (Phi) is 24.4. The topological polar surface area (TPSA) is 52.6 Å². The van der Waals surface area contributed by atoms with E-state index in [9.17, 15) is 9.59 Å². The first-order valence-electron chi connectivity index (χ1n) is 14.7. The maximum absolute atomic E-state index is 12.1. The summed E-state index contributed by atoms with van der Waals surface area (Å²) < 4.78 is 10.6. The van der Waals surface area contributed by atoms with Gasteiger partial charge in [-0.25, -0.2) is 9.59 Å². The van der Waals surface area contributed by atoms with Gasteiger partial charge < -0.3 is 9.47 Å². The van der Waals surface area contributed by atoms with Crippen LogP contribution in [0, 0.1) is 0 Å². The van der Waals surface area contributed by atoms with E-state index < -0.39 is 5.97 Å². The van der Waals surface area contributed by atoms with Crippen molar-refractivity contribution in [3.63, 3.8) is 0 Å². The zero-order chi connectivity index (χ0) is 26.0. The minimum absolute atomic E-state index is 0.200. The van der Waals surface area contributed by atoms with Crippen molar-refractivity contribution in [2.75, 3.05) is 13.2 Å². The average Bonchev–Trinajstić information content (AvgIpc) is 2.85. The van der Waals surface area contributed by atoms with Gasteiger partial charge in [0.05, 0.1) is 18.8 Å². The molecule has 0 N–H and O–H groups in total. The molecular formula is C31H56O4. The Balaban J connectivity index is 3.72. The normalized spacial score (nSPS) is 11.5. The van der Waals surface area contributed by atoms with E-state index in [0.717, 1.165) is 25.7 Å². The van der Waals surface area contributed by atoms with Crippen LogP contribution in [-0.4, -0.2) is 25.2 Å². The second-order valence-electron chi connectivity index (χ2n) is 9.99. The molecule has 0 amide bonds. The molecule has 0 saturated carbocycles. The van der Waals surface area contributed by atoms with E-state index in [-0.39, 0.29) is 11.5 Å². The molecule has 0 unspecified atom stereocenters. The fourth-order valence-corrected chi connectivity index (χ4v) is 4.09. The minimum atomic E-state index is -0.456. The van der Waals surface area contributed by atoms with Crippen molar-refractivity contribution in [2.45, 2.75) is 149 Å². The molecule has 0 bridgehead atoms. The number of carbonyl (C=O) groups is 2. The molecule has 0 atom stereocenters. The van der Waals surface area contributed by atoms with Crippen LogP contribution in [0.5, 0.6) is 0 Å². The first-order valence-corrected chi connectivity index (χ1v) is 14.7. The second kappa shape index (κ2) is 25.5. The van der Waals surface area contributed by atoms with Crippen LogP contribution in [0.3, 0.4) is 0 Å². The van der Waals surface area contributed by atoms with E-state index in [1.807, 2.05) is 0 Å². The van der Waals surface area contributed by atoms with Crippen LogP contribution in [-0.2, 0) is 19.1 Å². The lowest BCUT2D eigenvalue weighted by Gasteiger charge is -2.07. The van der Waals surface area contributed by atoms with Crippen molar-refractivity contribution in [1.82, 2.24) is 0 Å². The molecule has 0 rings (SSSR count). The molecule has 204 valence electrons. The van der Waals surface area contributed by atoms with Gasteiger partial charge in [0.25, 0.3) is 0 Å². The van der Waals surface area contributed by atoms with Gasteiger partial charge in [0, 0.05) is 5.57 Å². The molecule has 4 nitrogen and oxygen atoms in total. The van der Waals surface area contributed by atoms with Gasteiger partial charge in [-0.15, -0.1) is 0 Å². The molecule has 0 heterocycles. The largest absolute Gasteiger partial charge is 0.462 e. The Morgan fingerprint density at radius 1 is 0.543 bits per heavy atom. The van der Waals surface area contributed by atoms with Gasteiger partial charge in [0.15, 0.2) is 0 Å². The number of unbranched alkanes of at least 4 members (excludes halogenated alkanes) is 18. The molecule has 4 heteroatoms. The summed E-state index contributed by atoms with van der Waals surface area (Å²) in [6, 6.07) is 0. The summed E-state index contributed by atoms with van der Waals surface area (Å²) in [5.41, 5.74) is 0.587. The third-order valence-corrected chi connectivity index (χ3v) is 6.44. The van der Waals surface area contributed by atoms with Gasteiger partial charge in [-0.2, -0.15) is 0 Å². The number of ether oxygens (including phenoxy) is 2. The Labute approximate surface area is 217 Å². The van der Waals surface area contributed by atoms with Crippen LogP contribution >= 0.6 is 0 Å². The molecule has 0 aliphatic carbocycles. The van der Waals surface area contributed by atoms with E-state index in [2.05, 4.69) is 20.4 Å². The molecule has 0 aromatic rings. The summed E-state index contributed by atoms with van der Waals surface area (Å²) in [6.07, 6.45) is 26.3. The summed E-state index contributed by atoms with van der Waals surface area (Å²) in [4.78, 5) is 24.2. The van der Waals surface area contributed by atoms with Crippen molar-refractivity contribution in [2.24, 2.45) is 0 Å². The van der Waals surface area contributed by atoms with Crippen LogP contribution in [0.2, 0.25) is 0 Å². The van der Waals surface area contributed by atoms with Crippen LogP contribution in [0.25, 0.3) is 0 Å². The number of rotatable bonds is 25. The minimum Gasteiger partial charge on any atom is -0.462 e. The lowest BCUT2D eigenvalue weighted by molar-refractivity contribution is -0.139. The Bertz CT molecular complexity index is 564. The molecule has 0 aliphatic heterocycles. The SMILES string of the molecule is C=C(/C=C(\C)C(=O)OCCCCCCCCCCCC)C(=O)OCCCCCCCCCCCC. The highest BCUT2D eigenvalue weighted by atomic mass is 16.5. The van der Waals surface area contributed by atoms with Crippen molar-refractivity contribution >= 4 is 11.9 Å². The van der Waals surface area contributed by atoms with Crippen LogP contribution < -0.4 is 0 Å². The van der Waals surface area contributed by atoms with Crippen LogP contribution in [0.4, 0.5) is 0 Å². The maximum atomic E-state index is 12.1. The van der Waals surface area contributed by atoms with Gasteiger partial charge >= 0.3 is 11.9 Å². The standard InChI is InChI=1S/C31H56O4/c1-5-7-9-11-13-15-17-19-21-23-25-34-30(32)28(3)27-29(4)31(33)35-26-24-22-20-18-16-14-12-10-8-6-2/h27H,3,5-26H2,1-2,4H3/b29-27+. The molecule has 0 fully saturated rings. The number of hydrogen-bond donors (Lipinski definition) is 0. The van der Waals surface area contributed by atoms with Gasteiger partial charge in [-0.1, -0.05) is 136 Å². The van der Waals surface area contributed by atoms with Gasteiger partial charge in [0.1, 0.15) is 0 Å². The average molecular weight is 493 g/mol. The molecule has 0 aromatic heterocycles. The smallest absolute Gasteiger partial charge is 0.337 e. The molecule has 0 saturated heterocycles. The van der Waals surface area contributed by atoms with Crippen molar-refractivity contribution in [1.29, 1.82) is 0 Å². The third-order valence-electron chi connectivity index (χ3n) is 6.44. The lowest BCUT2D eigenvalue weighted by atomic mass is 10.1. The molecule has 0 aliphatic rings. The Hall–Kier alpha value is -1.58. The zero-order valence-electron chi connectivity index (χ0n) is 23.5. The summed E-state index contributed by atoms with van der Waals surface area (Å²) in [7, 11) is 0. The Morgan fingerprint density at radius 3 is 1.23 bits per heavy atom. The summed E-state index contributed by atoms with van der Waals surface area (Å²) in [5, 5.41) is 0. The van der Waals surface area contributed by atoms with E-state index in [1.54, 1.807) is 6.92 Å². The first-order chi connectivity index (χ1) is 17.0. The molecule has 35 heavy (non-hydrogen) atoms. The first kappa shape index (κ1) is 33.4. The van der Waals surface area contributed by atoms with Crippen molar-refractivity contribution < 1.29 is 19.1 Å². The Morgan fingerprint density at radius 2 is 0.857 bits per heavy atom. The summed E-state index contributed by atoms with van der Waals surface area (Å²) >= 11 is 0. The summed E-state index contributed by atoms with van der Waals surface area (Å²) in [6.45, 7) is 10.7. The quantitative estimate of drug-likeness (QED) is 0.0551. The van der Waals surface area contributed by atoms with Crippen molar-refractivity contribution in [3.05, 3.63) is 23.8 Å². The van der Waals surface area contributed by atoms with Gasteiger partial charge in [0.2, 0.25) is 0 Å². The van der Waals surface area contributed by atoms with Gasteiger partial charge in [-0.05, 0) is 25.8 Å². The second-order valence-corrected chi connectivity index (χ2v) is 9.99. The molecule has 0 spiro atoms. The molecular weight excluding hydrogens is 436 g/mol. The highest BCUT2D eigenvalue weighted by Gasteiger charge is 2.11. The van der Waals surface area contributed by atoms with Crippen molar-refractivity contribution in [3.8, 4) is 0 Å². The fourth-order valence-electron chi connectivity index (χ4n) is 4.09. The molecule has 0 radical (unpaired) electrons. The number of esters is 2. The third kappa shape index (κ3) is 22.6. The summed E-state index contributed by atoms with van der Waals surface area (Å²) in [5.74, 6) is -0.840. The fraction of sp³-hybridized carbons (Fsp3) is 0.806. The monoisotopic (exact) mass is 492 g/mol. The highest BCUT2D eigenvalue weighted by molar-refractivity contribution is 5.95. The van der Waals surface area contributed by atoms with E-state index in [0.29, 0.717) is 18.8 Å². The van der Waals surface area contributed by atoms with Gasteiger partial charge in [-0.3, -0.25) is 0 Å². The predicted molar refractivity (Wildman–Crippen MR) is 149 cm³/mol. The van der Waals surface area contributed by atoms with E-state index in [4.69, 9.17) is 9.47 Å². The van der Waals surface area contributed by atoms with Crippen LogP contribution in [0.1, 0.15) is 149 Å². The van der Waals surface area contributed by atoms with E-state index >= 15 is 0 Å². The predicted octanol–water partition coefficient (Wildman–Crippen LogP) is 9.42.